The fourth-order valence-electron chi connectivity index (χ4n) is 5.93. The molecule has 0 unspecified atom stereocenters. The van der Waals surface area contributed by atoms with Gasteiger partial charge in [0.2, 0.25) is 5.78 Å². The molecule has 4 nitrogen and oxygen atoms in total. The Morgan fingerprint density at radius 3 is 2.54 bits per heavy atom. The minimum atomic E-state index is -0.0167. The zero-order valence-electron chi connectivity index (χ0n) is 22.0. The minimum absolute atomic E-state index is 0.0167. The molecule has 35 heavy (non-hydrogen) atoms. The second-order valence-electron chi connectivity index (χ2n) is 11.1. The van der Waals surface area contributed by atoms with E-state index in [4.69, 9.17) is 6.42 Å². The fourth-order valence-corrected chi connectivity index (χ4v) is 5.93. The molecule has 0 saturated heterocycles. The van der Waals surface area contributed by atoms with Crippen molar-refractivity contribution in [3.63, 3.8) is 0 Å². The first kappa shape index (κ1) is 25.5. The molecule has 0 atom stereocenters. The summed E-state index contributed by atoms with van der Waals surface area (Å²) in [6.07, 6.45) is 18.1. The molecule has 0 spiro atoms. The highest BCUT2D eigenvalue weighted by Crippen LogP contribution is 2.41. The molecule has 0 bridgehead atoms. The molecule has 2 aliphatic carbocycles. The number of nitrogens with zero attached hydrogens (tertiary/aromatic N) is 2. The summed E-state index contributed by atoms with van der Waals surface area (Å²) in [7, 11) is 0. The van der Waals surface area contributed by atoms with Gasteiger partial charge in [0.15, 0.2) is 5.82 Å². The molecule has 1 N–H and O–H groups in total. The number of benzene rings is 1. The van der Waals surface area contributed by atoms with Gasteiger partial charge in [0.05, 0.1) is 6.20 Å². The molecule has 4 heteroatoms. The maximum atomic E-state index is 13.0. The van der Waals surface area contributed by atoms with Crippen LogP contribution in [0.1, 0.15) is 112 Å². The van der Waals surface area contributed by atoms with Crippen LogP contribution in [0.3, 0.4) is 0 Å². The number of aromatic nitrogens is 2. The van der Waals surface area contributed by atoms with E-state index >= 15 is 0 Å². The topological polar surface area (TPSA) is 49.0 Å². The van der Waals surface area contributed by atoms with Gasteiger partial charge in [0, 0.05) is 12.5 Å². The number of hydrogen-bond acceptors (Lipinski definition) is 3. The number of hydrogen-bond donors (Lipinski definition) is 1. The van der Waals surface area contributed by atoms with Crippen molar-refractivity contribution in [3.8, 4) is 12.3 Å². The van der Waals surface area contributed by atoms with Crippen LogP contribution < -0.4 is 0 Å². The highest BCUT2D eigenvalue weighted by atomic mass is 16.1. The van der Waals surface area contributed by atoms with Gasteiger partial charge in [-0.1, -0.05) is 57.9 Å². The number of H-pyrrole nitrogens is 1. The van der Waals surface area contributed by atoms with Gasteiger partial charge in [0.25, 0.3) is 0 Å². The Morgan fingerprint density at radius 2 is 1.94 bits per heavy atom. The predicted octanol–water partition coefficient (Wildman–Crippen LogP) is 6.78. The molecule has 0 aliphatic heterocycles. The van der Waals surface area contributed by atoms with Crippen molar-refractivity contribution in [2.75, 3.05) is 13.1 Å². The molecule has 1 fully saturated rings. The van der Waals surface area contributed by atoms with Crippen LogP contribution in [0.5, 0.6) is 0 Å². The van der Waals surface area contributed by atoms with E-state index in [2.05, 4.69) is 72.8 Å². The summed E-state index contributed by atoms with van der Waals surface area (Å²) in [4.78, 5) is 22.8. The Labute approximate surface area is 211 Å². The predicted molar refractivity (Wildman–Crippen MR) is 145 cm³/mol. The zero-order chi connectivity index (χ0) is 25.0. The molecule has 1 aromatic heterocycles. The lowest BCUT2D eigenvalue weighted by atomic mass is 9.75. The lowest BCUT2D eigenvalue weighted by molar-refractivity contribution is 0.0984. The second-order valence-corrected chi connectivity index (χ2v) is 11.1. The summed E-state index contributed by atoms with van der Waals surface area (Å²) >= 11 is 0. The Bertz CT molecular complexity index is 1100. The highest BCUT2D eigenvalue weighted by molar-refractivity contribution is 5.95. The van der Waals surface area contributed by atoms with Crippen LogP contribution >= 0.6 is 0 Å². The van der Waals surface area contributed by atoms with Gasteiger partial charge in [-0.15, -0.1) is 6.42 Å². The Kier molecular flexibility index (Phi) is 7.97. The number of aromatic amines is 1. The van der Waals surface area contributed by atoms with Crippen LogP contribution in [0.2, 0.25) is 0 Å². The molecule has 2 aromatic rings. The Morgan fingerprint density at radius 1 is 1.20 bits per heavy atom. The largest absolute Gasteiger partial charge is 0.329 e. The highest BCUT2D eigenvalue weighted by Gasteiger charge is 2.27. The summed E-state index contributed by atoms with van der Waals surface area (Å²) < 4.78 is 0. The average Bonchev–Trinajstić information content (AvgIpc) is 3.35. The smallest absolute Gasteiger partial charge is 0.202 e. The Hall–Kier alpha value is -2.64. The summed E-state index contributed by atoms with van der Waals surface area (Å²) in [5.74, 6) is 3.45. The molecule has 1 heterocycles. The van der Waals surface area contributed by atoms with Crippen molar-refractivity contribution in [2.24, 2.45) is 5.41 Å². The first-order valence-electron chi connectivity index (χ1n) is 13.4. The van der Waals surface area contributed by atoms with Crippen LogP contribution in [0.4, 0.5) is 0 Å². The van der Waals surface area contributed by atoms with Crippen molar-refractivity contribution in [1.29, 1.82) is 0 Å². The standard InChI is InChI=1S/C31H41N3O/c1-6-26-21-32-30(33-26)29(35)20-25-10-9-24(19-28(25)23-15-17-31(4,5)18-16-23)22-11-13-27(14-12-22)34(7-2)8-3/h1,9-10,15,19,21-22,27H,7-8,11-14,16-18,20H2,2-5H3,(H,32,33). The number of allylic oxidation sites excluding steroid dienone is 2. The van der Waals surface area contributed by atoms with E-state index in [0.29, 0.717) is 29.3 Å². The van der Waals surface area contributed by atoms with E-state index < -0.39 is 0 Å². The molecular weight excluding hydrogens is 430 g/mol. The van der Waals surface area contributed by atoms with Gasteiger partial charge in [-0.3, -0.25) is 4.79 Å². The number of Topliss-reactive ketones (excluding diaryl/α,β-unsaturated/α-hetero) is 1. The van der Waals surface area contributed by atoms with Gasteiger partial charge < -0.3 is 9.88 Å². The first-order valence-corrected chi connectivity index (χ1v) is 13.4. The van der Waals surface area contributed by atoms with Crippen LogP contribution in [0.15, 0.2) is 30.5 Å². The zero-order valence-corrected chi connectivity index (χ0v) is 22.0. The summed E-state index contributed by atoms with van der Waals surface area (Å²) in [6.45, 7) is 11.5. The lowest BCUT2D eigenvalue weighted by Gasteiger charge is -2.36. The molecule has 4 rings (SSSR count). The SMILES string of the molecule is C#Cc1cnc(C(=O)Cc2ccc(C3CCC(N(CC)CC)CC3)cc2C2=CCC(C)(C)CC2)[nH]1. The van der Waals surface area contributed by atoms with E-state index in [-0.39, 0.29) is 5.78 Å². The molecule has 186 valence electrons. The Balaban J connectivity index is 1.58. The molecule has 1 aromatic carbocycles. The van der Waals surface area contributed by atoms with Crippen LogP contribution in [-0.2, 0) is 6.42 Å². The van der Waals surface area contributed by atoms with Crippen molar-refractivity contribution in [3.05, 3.63) is 58.7 Å². The van der Waals surface area contributed by atoms with Crippen LogP contribution in [-0.4, -0.2) is 39.8 Å². The first-order chi connectivity index (χ1) is 16.8. The number of imidazole rings is 1. The minimum Gasteiger partial charge on any atom is -0.329 e. The maximum absolute atomic E-state index is 13.0. The summed E-state index contributed by atoms with van der Waals surface area (Å²) in [6, 6.07) is 7.60. The number of nitrogens with one attached hydrogen (secondary N) is 1. The number of carbonyl (C=O) groups is 1. The summed E-state index contributed by atoms with van der Waals surface area (Å²) in [5.41, 5.74) is 6.09. The number of terminal acetylenes is 1. The number of carbonyl (C=O) groups excluding carboxylic acids is 1. The van der Waals surface area contributed by atoms with Crippen molar-refractivity contribution >= 4 is 11.4 Å². The van der Waals surface area contributed by atoms with Gasteiger partial charge in [-0.25, -0.2) is 4.98 Å². The monoisotopic (exact) mass is 471 g/mol. The molecular formula is C31H41N3O. The third-order valence-corrected chi connectivity index (χ3v) is 8.30. The number of rotatable bonds is 8. The van der Waals surface area contributed by atoms with E-state index in [9.17, 15) is 4.79 Å². The van der Waals surface area contributed by atoms with Crippen LogP contribution in [0.25, 0.3) is 5.57 Å². The summed E-state index contributed by atoms with van der Waals surface area (Å²) in [5, 5.41) is 0. The quantitative estimate of drug-likeness (QED) is 0.341. The van der Waals surface area contributed by atoms with Crippen molar-refractivity contribution in [1.82, 2.24) is 14.9 Å². The normalized spacial score (nSPS) is 22.0. The third kappa shape index (κ3) is 5.96. The van der Waals surface area contributed by atoms with E-state index in [0.717, 1.165) is 37.5 Å². The average molecular weight is 472 g/mol. The van der Waals surface area contributed by atoms with Gasteiger partial charge in [0.1, 0.15) is 5.69 Å². The second kappa shape index (κ2) is 11.0. The van der Waals surface area contributed by atoms with E-state index in [1.54, 1.807) is 6.20 Å². The molecule has 2 aliphatic rings. The van der Waals surface area contributed by atoms with Crippen molar-refractivity contribution in [2.45, 2.75) is 91.0 Å². The van der Waals surface area contributed by atoms with E-state index in [1.165, 1.54) is 48.8 Å². The van der Waals surface area contributed by atoms with Gasteiger partial charge in [-0.05, 0) is 91.6 Å². The van der Waals surface area contributed by atoms with Crippen molar-refractivity contribution < 1.29 is 4.79 Å². The van der Waals surface area contributed by atoms with Gasteiger partial charge in [-0.2, -0.15) is 0 Å². The van der Waals surface area contributed by atoms with E-state index in [1.807, 2.05) is 0 Å². The van der Waals surface area contributed by atoms with Crippen LogP contribution in [0, 0.1) is 17.8 Å². The van der Waals surface area contributed by atoms with Gasteiger partial charge >= 0.3 is 0 Å². The third-order valence-electron chi connectivity index (χ3n) is 8.30. The molecule has 1 saturated carbocycles. The lowest BCUT2D eigenvalue weighted by Crippen LogP contribution is -2.37. The fraction of sp³-hybridized carbons (Fsp3) is 0.548. The molecule has 0 radical (unpaired) electrons. The maximum Gasteiger partial charge on any atom is 0.202 e. The molecule has 0 amide bonds. The number of ketones is 1.